The monoisotopic (exact) mass is 390 g/mol. The first-order valence-corrected chi connectivity index (χ1v) is 10.2. The summed E-state index contributed by atoms with van der Waals surface area (Å²) in [5.74, 6) is -0.711. The van der Waals surface area contributed by atoms with E-state index in [2.05, 4.69) is 11.4 Å². The highest BCUT2D eigenvalue weighted by molar-refractivity contribution is 6.11. The summed E-state index contributed by atoms with van der Waals surface area (Å²) in [7, 11) is 0. The quantitative estimate of drug-likeness (QED) is 0.744. The Kier molecular flexibility index (Phi) is 5.49. The van der Waals surface area contributed by atoms with Crippen molar-refractivity contribution in [2.45, 2.75) is 37.7 Å². The van der Waals surface area contributed by atoms with Gasteiger partial charge in [0.15, 0.2) is 5.60 Å². The summed E-state index contributed by atoms with van der Waals surface area (Å²) in [6, 6.07) is 16.0. The van der Waals surface area contributed by atoms with E-state index in [1.165, 1.54) is 23.3 Å². The maximum absolute atomic E-state index is 13.2. The minimum Gasteiger partial charge on any atom is -0.372 e. The summed E-state index contributed by atoms with van der Waals surface area (Å²) in [5, 5.41) is 14.3. The van der Waals surface area contributed by atoms with Crippen LogP contribution in [0.5, 0.6) is 0 Å². The Balaban J connectivity index is 1.48. The second-order valence-electron chi connectivity index (χ2n) is 7.69. The zero-order valence-electron chi connectivity index (χ0n) is 16.4. The molecule has 150 valence electrons. The lowest BCUT2D eigenvalue weighted by atomic mass is 9.88. The van der Waals surface area contributed by atoms with E-state index in [1.807, 2.05) is 12.1 Å². The molecule has 0 saturated carbocycles. The van der Waals surface area contributed by atoms with Gasteiger partial charge in [-0.2, -0.15) is 0 Å². The molecular formula is C24H26N2O3. The van der Waals surface area contributed by atoms with Gasteiger partial charge >= 0.3 is 0 Å². The predicted molar refractivity (Wildman–Crippen MR) is 112 cm³/mol. The van der Waals surface area contributed by atoms with E-state index in [-0.39, 0.29) is 12.5 Å². The Morgan fingerprint density at radius 2 is 1.83 bits per heavy atom. The number of anilines is 1. The number of amides is 2. The van der Waals surface area contributed by atoms with Crippen molar-refractivity contribution >= 4 is 17.5 Å². The van der Waals surface area contributed by atoms with Crippen LogP contribution in [0.2, 0.25) is 0 Å². The molecule has 1 aliphatic carbocycles. The minimum atomic E-state index is -1.77. The Morgan fingerprint density at radius 1 is 1.07 bits per heavy atom. The molecule has 5 nitrogen and oxygen atoms in total. The number of carbonyl (C=O) groups excluding carboxylic acids is 2. The zero-order chi connectivity index (χ0) is 20.3. The molecule has 0 bridgehead atoms. The van der Waals surface area contributed by atoms with Crippen LogP contribution < -0.4 is 10.2 Å². The molecule has 0 fully saturated rings. The fraction of sp³-hybridized carbons (Fsp3) is 0.333. The van der Waals surface area contributed by atoms with Gasteiger partial charge in [-0.3, -0.25) is 14.5 Å². The molecule has 1 atom stereocenters. The number of para-hydroxylation sites is 1. The molecule has 4 rings (SSSR count). The lowest BCUT2D eigenvalue weighted by molar-refractivity contribution is -0.133. The molecule has 2 aliphatic rings. The number of allylic oxidation sites excluding steroid dienone is 1. The third kappa shape index (κ3) is 3.70. The first-order chi connectivity index (χ1) is 14.1. The smallest absolute Gasteiger partial charge is 0.268 e. The molecule has 0 spiro atoms. The molecule has 1 unspecified atom stereocenters. The normalized spacial score (nSPS) is 20.9. The average Bonchev–Trinajstić information content (AvgIpc) is 2.98. The average molecular weight is 390 g/mol. The van der Waals surface area contributed by atoms with E-state index in [4.69, 9.17) is 0 Å². The Labute approximate surface area is 171 Å². The second kappa shape index (κ2) is 8.21. The van der Waals surface area contributed by atoms with Crippen LogP contribution in [0.4, 0.5) is 5.69 Å². The van der Waals surface area contributed by atoms with E-state index in [0.29, 0.717) is 23.4 Å². The van der Waals surface area contributed by atoms with Gasteiger partial charge in [0.05, 0.1) is 5.69 Å². The molecule has 0 radical (unpaired) electrons. The first kappa shape index (κ1) is 19.4. The minimum absolute atomic E-state index is 0.107. The number of rotatable bonds is 6. The number of nitrogens with one attached hydrogen (secondary N) is 1. The van der Waals surface area contributed by atoms with Gasteiger partial charge in [0.25, 0.3) is 5.91 Å². The number of hydrogen-bond acceptors (Lipinski definition) is 3. The molecule has 1 heterocycles. The maximum atomic E-state index is 13.2. The van der Waals surface area contributed by atoms with Crippen molar-refractivity contribution in [2.24, 2.45) is 0 Å². The van der Waals surface area contributed by atoms with Crippen molar-refractivity contribution in [3.63, 3.8) is 0 Å². The molecule has 29 heavy (non-hydrogen) atoms. The van der Waals surface area contributed by atoms with Gasteiger partial charge in [-0.1, -0.05) is 60.2 Å². The van der Waals surface area contributed by atoms with Crippen LogP contribution in [0.1, 0.15) is 43.2 Å². The number of hydrogen-bond donors (Lipinski definition) is 2. The molecule has 5 heteroatoms. The Hall–Kier alpha value is -2.92. The fourth-order valence-corrected chi connectivity index (χ4v) is 4.24. The van der Waals surface area contributed by atoms with E-state index < -0.39 is 11.5 Å². The van der Waals surface area contributed by atoms with Crippen LogP contribution >= 0.6 is 0 Å². The molecule has 2 amide bonds. The molecule has 1 aliphatic heterocycles. The predicted octanol–water partition coefficient (Wildman–Crippen LogP) is 3.28. The Morgan fingerprint density at radius 3 is 2.59 bits per heavy atom. The lowest BCUT2D eigenvalue weighted by Gasteiger charge is -2.23. The largest absolute Gasteiger partial charge is 0.372 e. The molecule has 2 aromatic rings. The van der Waals surface area contributed by atoms with Crippen LogP contribution in [0, 0.1) is 0 Å². The topological polar surface area (TPSA) is 69.6 Å². The first-order valence-electron chi connectivity index (χ1n) is 10.2. The highest BCUT2D eigenvalue weighted by Crippen LogP contribution is 2.44. The number of nitrogens with zero attached hydrogens (tertiary/aromatic N) is 1. The van der Waals surface area contributed by atoms with Crippen LogP contribution in [0.3, 0.4) is 0 Å². The van der Waals surface area contributed by atoms with E-state index >= 15 is 0 Å². The second-order valence-corrected chi connectivity index (χ2v) is 7.69. The van der Waals surface area contributed by atoms with E-state index in [9.17, 15) is 14.7 Å². The third-order valence-corrected chi connectivity index (χ3v) is 5.79. The molecule has 0 aromatic heterocycles. The number of benzene rings is 2. The van der Waals surface area contributed by atoms with Gasteiger partial charge in [0, 0.05) is 12.1 Å². The number of fused-ring (bicyclic) bond motifs is 1. The number of carbonyl (C=O) groups is 2. The summed E-state index contributed by atoms with van der Waals surface area (Å²) in [6.45, 7) is 0.460. The highest BCUT2D eigenvalue weighted by atomic mass is 16.3. The van der Waals surface area contributed by atoms with Crippen molar-refractivity contribution in [3.8, 4) is 0 Å². The van der Waals surface area contributed by atoms with Crippen LogP contribution in [-0.4, -0.2) is 30.0 Å². The molecule has 2 aromatic carbocycles. The number of aliphatic hydroxyl groups is 1. The van der Waals surface area contributed by atoms with Crippen LogP contribution in [0.25, 0.3) is 0 Å². The zero-order valence-corrected chi connectivity index (χ0v) is 16.4. The fourth-order valence-electron chi connectivity index (χ4n) is 4.24. The van der Waals surface area contributed by atoms with Gasteiger partial charge < -0.3 is 10.4 Å². The van der Waals surface area contributed by atoms with Crippen LogP contribution in [0.15, 0.2) is 66.2 Å². The summed E-state index contributed by atoms with van der Waals surface area (Å²) in [6.07, 6.45) is 7.83. The van der Waals surface area contributed by atoms with Crippen molar-refractivity contribution in [2.75, 3.05) is 18.0 Å². The van der Waals surface area contributed by atoms with Gasteiger partial charge in [-0.05, 0) is 43.7 Å². The lowest BCUT2D eigenvalue weighted by Crippen LogP contribution is -2.45. The van der Waals surface area contributed by atoms with E-state index in [1.54, 1.807) is 42.5 Å². The SMILES string of the molecule is O=C(CN1C(=O)C(O)(c2ccccc2)c2ccccc21)NCCC1=CCCCC1. The van der Waals surface area contributed by atoms with Gasteiger partial charge in [0.2, 0.25) is 5.91 Å². The van der Waals surface area contributed by atoms with Gasteiger partial charge in [-0.15, -0.1) is 0 Å². The molecule has 0 saturated heterocycles. The van der Waals surface area contributed by atoms with Crippen molar-refractivity contribution in [3.05, 3.63) is 77.4 Å². The molecule has 2 N–H and O–H groups in total. The molecular weight excluding hydrogens is 364 g/mol. The van der Waals surface area contributed by atoms with Gasteiger partial charge in [-0.25, -0.2) is 0 Å². The third-order valence-electron chi connectivity index (χ3n) is 5.79. The summed E-state index contributed by atoms with van der Waals surface area (Å²) >= 11 is 0. The van der Waals surface area contributed by atoms with E-state index in [0.717, 1.165) is 19.3 Å². The summed E-state index contributed by atoms with van der Waals surface area (Å²) in [4.78, 5) is 27.2. The Bertz CT molecular complexity index is 938. The standard InChI is InChI=1S/C24H26N2O3/c27-22(25-16-15-18-9-3-1-4-10-18)17-26-21-14-8-7-13-20(21)24(29,23(26)28)19-11-5-2-6-12-19/h2,5-9,11-14,29H,1,3-4,10,15-17H2,(H,25,27). The van der Waals surface area contributed by atoms with Crippen molar-refractivity contribution < 1.29 is 14.7 Å². The van der Waals surface area contributed by atoms with Crippen molar-refractivity contribution in [1.29, 1.82) is 0 Å². The van der Waals surface area contributed by atoms with Crippen LogP contribution in [-0.2, 0) is 15.2 Å². The maximum Gasteiger partial charge on any atom is 0.268 e. The summed E-state index contributed by atoms with van der Waals surface area (Å²) in [5.41, 5.74) is 1.22. The summed E-state index contributed by atoms with van der Waals surface area (Å²) < 4.78 is 0. The highest BCUT2D eigenvalue weighted by Gasteiger charge is 2.51. The van der Waals surface area contributed by atoms with Gasteiger partial charge in [0.1, 0.15) is 6.54 Å². The van der Waals surface area contributed by atoms with Crippen molar-refractivity contribution in [1.82, 2.24) is 5.32 Å².